The maximum Gasteiger partial charge on any atom is 0.242 e. The maximum absolute atomic E-state index is 12.4. The van der Waals surface area contributed by atoms with Gasteiger partial charge in [0.05, 0.1) is 12.6 Å². The number of ether oxygens (including phenoxy) is 1. The molecule has 1 amide bonds. The SMILES string of the molecule is COCC(N)C(=O)N1CCCC1c1ccc(C)c(C)c1.Cl. The fourth-order valence-corrected chi connectivity index (χ4v) is 2.81. The molecule has 1 aromatic rings. The zero-order valence-electron chi connectivity index (χ0n) is 13.0. The molecule has 0 bridgehead atoms. The van der Waals surface area contributed by atoms with Crippen molar-refractivity contribution in [3.8, 4) is 0 Å². The fourth-order valence-electron chi connectivity index (χ4n) is 2.81. The van der Waals surface area contributed by atoms with Gasteiger partial charge in [0.2, 0.25) is 5.91 Å². The monoisotopic (exact) mass is 312 g/mol. The molecule has 2 unspecified atom stereocenters. The van der Waals surface area contributed by atoms with Gasteiger partial charge in [-0.1, -0.05) is 18.2 Å². The molecule has 2 rings (SSSR count). The summed E-state index contributed by atoms with van der Waals surface area (Å²) in [6.45, 7) is 5.27. The summed E-state index contributed by atoms with van der Waals surface area (Å²) in [5.74, 6) is -0.00687. The highest BCUT2D eigenvalue weighted by atomic mass is 35.5. The number of halogens is 1. The molecule has 1 saturated heterocycles. The minimum atomic E-state index is -0.563. The van der Waals surface area contributed by atoms with Gasteiger partial charge in [0, 0.05) is 13.7 Å². The number of nitrogens with two attached hydrogens (primary N) is 1. The number of aryl methyl sites for hydroxylation is 2. The van der Waals surface area contributed by atoms with Gasteiger partial charge in [0.1, 0.15) is 6.04 Å². The molecule has 1 heterocycles. The van der Waals surface area contributed by atoms with Crippen molar-refractivity contribution in [2.75, 3.05) is 20.3 Å². The van der Waals surface area contributed by atoms with Crippen LogP contribution in [0.3, 0.4) is 0 Å². The summed E-state index contributed by atoms with van der Waals surface area (Å²) in [7, 11) is 1.57. The Bertz CT molecular complexity index is 493. The molecular weight excluding hydrogens is 288 g/mol. The predicted molar refractivity (Wildman–Crippen MR) is 86.7 cm³/mol. The lowest BCUT2D eigenvalue weighted by Crippen LogP contribution is -2.45. The normalized spacial score (nSPS) is 19.2. The molecule has 1 aliphatic heterocycles. The van der Waals surface area contributed by atoms with Gasteiger partial charge in [-0.05, 0) is 43.4 Å². The van der Waals surface area contributed by atoms with Crippen LogP contribution in [-0.4, -0.2) is 37.1 Å². The highest BCUT2D eigenvalue weighted by Gasteiger charge is 2.32. The number of carbonyl (C=O) groups is 1. The fraction of sp³-hybridized carbons (Fsp3) is 0.562. The zero-order valence-corrected chi connectivity index (χ0v) is 13.8. The summed E-state index contributed by atoms with van der Waals surface area (Å²) in [5, 5.41) is 0. The third-order valence-corrected chi connectivity index (χ3v) is 4.12. The van der Waals surface area contributed by atoms with Crippen LogP contribution in [0.4, 0.5) is 0 Å². The summed E-state index contributed by atoms with van der Waals surface area (Å²) < 4.78 is 4.99. The number of likely N-dealkylation sites (tertiary alicyclic amines) is 1. The second kappa shape index (κ2) is 7.78. The quantitative estimate of drug-likeness (QED) is 0.928. The van der Waals surface area contributed by atoms with Gasteiger partial charge in [0.15, 0.2) is 0 Å². The largest absolute Gasteiger partial charge is 0.383 e. The highest BCUT2D eigenvalue weighted by Crippen LogP contribution is 2.33. The molecular formula is C16H25ClN2O2. The first-order valence-electron chi connectivity index (χ1n) is 7.16. The van der Waals surface area contributed by atoms with Crippen molar-refractivity contribution in [3.05, 3.63) is 34.9 Å². The van der Waals surface area contributed by atoms with Crippen molar-refractivity contribution in [3.63, 3.8) is 0 Å². The average Bonchev–Trinajstić information content (AvgIpc) is 2.90. The van der Waals surface area contributed by atoms with E-state index in [4.69, 9.17) is 10.5 Å². The van der Waals surface area contributed by atoms with Crippen LogP contribution in [0, 0.1) is 13.8 Å². The molecule has 1 aromatic carbocycles. The van der Waals surface area contributed by atoms with E-state index in [2.05, 4.69) is 32.0 Å². The van der Waals surface area contributed by atoms with Gasteiger partial charge in [-0.2, -0.15) is 0 Å². The smallest absolute Gasteiger partial charge is 0.242 e. The van der Waals surface area contributed by atoms with Crippen molar-refractivity contribution < 1.29 is 9.53 Å². The Morgan fingerprint density at radius 3 is 2.76 bits per heavy atom. The van der Waals surface area contributed by atoms with Crippen LogP contribution >= 0.6 is 12.4 Å². The van der Waals surface area contributed by atoms with E-state index in [9.17, 15) is 4.79 Å². The van der Waals surface area contributed by atoms with Crippen molar-refractivity contribution in [2.45, 2.75) is 38.8 Å². The molecule has 1 aliphatic rings. The molecule has 0 aliphatic carbocycles. The van der Waals surface area contributed by atoms with Crippen molar-refractivity contribution in [1.82, 2.24) is 4.90 Å². The number of carbonyl (C=O) groups excluding carboxylic acids is 1. The van der Waals surface area contributed by atoms with E-state index in [0.29, 0.717) is 0 Å². The number of benzene rings is 1. The number of hydrogen-bond donors (Lipinski definition) is 1. The number of rotatable bonds is 4. The van der Waals surface area contributed by atoms with E-state index in [1.807, 2.05) is 4.90 Å². The van der Waals surface area contributed by atoms with E-state index < -0.39 is 6.04 Å². The van der Waals surface area contributed by atoms with Crippen LogP contribution in [0.25, 0.3) is 0 Å². The van der Waals surface area contributed by atoms with Crippen LogP contribution < -0.4 is 5.73 Å². The first-order chi connectivity index (χ1) is 9.54. The van der Waals surface area contributed by atoms with Gasteiger partial charge < -0.3 is 15.4 Å². The maximum atomic E-state index is 12.4. The Labute approximate surface area is 133 Å². The molecule has 0 spiro atoms. The van der Waals surface area contributed by atoms with Gasteiger partial charge in [-0.3, -0.25) is 4.79 Å². The summed E-state index contributed by atoms with van der Waals surface area (Å²) in [6, 6.07) is 6.03. The lowest BCUT2D eigenvalue weighted by Gasteiger charge is -2.28. The van der Waals surface area contributed by atoms with E-state index in [-0.39, 0.29) is 31.0 Å². The predicted octanol–water partition coefficient (Wildman–Crippen LogP) is 2.36. The van der Waals surface area contributed by atoms with Crippen LogP contribution in [0.2, 0.25) is 0 Å². The van der Waals surface area contributed by atoms with E-state index in [0.717, 1.165) is 19.4 Å². The molecule has 2 atom stereocenters. The highest BCUT2D eigenvalue weighted by molar-refractivity contribution is 5.85. The Balaban J connectivity index is 0.00000220. The second-order valence-electron chi connectivity index (χ2n) is 5.60. The number of hydrogen-bond acceptors (Lipinski definition) is 3. The van der Waals surface area contributed by atoms with Crippen LogP contribution in [0.1, 0.15) is 35.6 Å². The molecule has 5 heteroatoms. The molecule has 2 N–H and O–H groups in total. The van der Waals surface area contributed by atoms with Crippen molar-refractivity contribution in [1.29, 1.82) is 0 Å². The standard InChI is InChI=1S/C16H24N2O2.ClH/c1-11-6-7-13(9-12(11)2)15-5-4-8-18(15)16(19)14(17)10-20-3;/h6-7,9,14-15H,4-5,8,10,17H2,1-3H3;1H. The topological polar surface area (TPSA) is 55.6 Å². The molecule has 0 saturated carbocycles. The number of methoxy groups -OCH3 is 1. The van der Waals surface area contributed by atoms with Gasteiger partial charge in [0.25, 0.3) is 0 Å². The molecule has 0 radical (unpaired) electrons. The third kappa shape index (κ3) is 3.96. The Kier molecular flexibility index (Phi) is 6.65. The molecule has 1 fully saturated rings. The summed E-state index contributed by atoms with van der Waals surface area (Å²) in [4.78, 5) is 14.3. The number of amides is 1. The second-order valence-corrected chi connectivity index (χ2v) is 5.60. The number of nitrogens with zero attached hydrogens (tertiary/aromatic N) is 1. The third-order valence-electron chi connectivity index (χ3n) is 4.12. The van der Waals surface area contributed by atoms with Crippen molar-refractivity contribution in [2.24, 2.45) is 5.73 Å². The minimum Gasteiger partial charge on any atom is -0.383 e. The van der Waals surface area contributed by atoms with E-state index in [1.54, 1.807) is 7.11 Å². The molecule has 21 heavy (non-hydrogen) atoms. The van der Waals surface area contributed by atoms with Gasteiger partial charge >= 0.3 is 0 Å². The summed E-state index contributed by atoms with van der Waals surface area (Å²) in [6.07, 6.45) is 2.04. The summed E-state index contributed by atoms with van der Waals surface area (Å²) in [5.41, 5.74) is 9.64. The molecule has 118 valence electrons. The lowest BCUT2D eigenvalue weighted by molar-refractivity contribution is -0.134. The minimum absolute atomic E-state index is 0. The molecule has 0 aromatic heterocycles. The average molecular weight is 313 g/mol. The van der Waals surface area contributed by atoms with E-state index in [1.165, 1.54) is 16.7 Å². The zero-order chi connectivity index (χ0) is 14.7. The van der Waals surface area contributed by atoms with Crippen molar-refractivity contribution >= 4 is 18.3 Å². The van der Waals surface area contributed by atoms with Gasteiger partial charge in [-0.25, -0.2) is 0 Å². The van der Waals surface area contributed by atoms with Crippen LogP contribution in [0.5, 0.6) is 0 Å². The van der Waals surface area contributed by atoms with Crippen LogP contribution in [0.15, 0.2) is 18.2 Å². The first-order valence-corrected chi connectivity index (χ1v) is 7.16. The Morgan fingerprint density at radius 2 is 2.14 bits per heavy atom. The first kappa shape index (κ1) is 18.0. The van der Waals surface area contributed by atoms with Crippen LogP contribution in [-0.2, 0) is 9.53 Å². The summed E-state index contributed by atoms with van der Waals surface area (Å²) >= 11 is 0. The van der Waals surface area contributed by atoms with E-state index >= 15 is 0 Å². The molecule has 4 nitrogen and oxygen atoms in total. The Morgan fingerprint density at radius 1 is 1.43 bits per heavy atom. The Hall–Kier alpha value is -1.10. The van der Waals surface area contributed by atoms with Gasteiger partial charge in [-0.15, -0.1) is 12.4 Å². The lowest BCUT2D eigenvalue weighted by atomic mass is 9.99.